The van der Waals surface area contributed by atoms with E-state index in [-0.39, 0.29) is 18.2 Å². The lowest BCUT2D eigenvalue weighted by atomic mass is 9.92. The highest BCUT2D eigenvalue weighted by Gasteiger charge is 2.23. The summed E-state index contributed by atoms with van der Waals surface area (Å²) in [4.78, 5) is 14.3. The van der Waals surface area contributed by atoms with Crippen molar-refractivity contribution in [1.29, 1.82) is 0 Å². The molecule has 0 aromatic heterocycles. The number of nitrogens with one attached hydrogen (secondary N) is 1. The molecule has 0 spiro atoms. The molecule has 0 saturated heterocycles. The highest BCUT2D eigenvalue weighted by molar-refractivity contribution is 5.68. The average molecular weight is 240 g/mol. The second-order valence-corrected chi connectivity index (χ2v) is 5.36. The third kappa shape index (κ3) is 5.45. The summed E-state index contributed by atoms with van der Waals surface area (Å²) in [6.07, 6.45) is 2.95. The van der Waals surface area contributed by atoms with Gasteiger partial charge in [-0.15, -0.1) is 0 Å². The lowest BCUT2D eigenvalue weighted by Crippen LogP contribution is -2.41. The Morgan fingerprint density at radius 1 is 1.35 bits per heavy atom. The maximum atomic E-state index is 11.5. The molecule has 0 aromatic carbocycles. The summed E-state index contributed by atoms with van der Waals surface area (Å²) in [5, 5.41) is 6.54. The normalized spacial score (nSPS) is 24.6. The van der Waals surface area contributed by atoms with Gasteiger partial charge in [0.05, 0.1) is 0 Å². The number of hydrogen-bond acceptors (Lipinski definition) is 3. The monoisotopic (exact) mass is 240 g/mol. The van der Waals surface area contributed by atoms with Crippen LogP contribution in [0.4, 0.5) is 4.79 Å². The van der Waals surface area contributed by atoms with E-state index in [4.69, 9.17) is 10.3 Å². The van der Waals surface area contributed by atoms with Crippen LogP contribution >= 0.6 is 0 Å². The van der Waals surface area contributed by atoms with Crippen molar-refractivity contribution in [3.05, 3.63) is 10.4 Å². The maximum absolute atomic E-state index is 11.5. The van der Waals surface area contributed by atoms with Crippen LogP contribution in [0.3, 0.4) is 0 Å². The fourth-order valence-corrected chi connectivity index (χ4v) is 1.88. The fraction of sp³-hybridized carbons (Fsp3) is 0.909. The van der Waals surface area contributed by atoms with Crippen LogP contribution in [0, 0.1) is 0 Å². The third-order valence-electron chi connectivity index (χ3n) is 2.63. The highest BCUT2D eigenvalue weighted by Crippen LogP contribution is 2.21. The van der Waals surface area contributed by atoms with Crippen LogP contribution in [0.5, 0.6) is 0 Å². The van der Waals surface area contributed by atoms with Crippen molar-refractivity contribution < 1.29 is 9.53 Å². The molecule has 1 aliphatic carbocycles. The van der Waals surface area contributed by atoms with Crippen molar-refractivity contribution >= 4 is 6.09 Å². The van der Waals surface area contributed by atoms with E-state index in [9.17, 15) is 4.79 Å². The van der Waals surface area contributed by atoms with E-state index < -0.39 is 5.60 Å². The Hall–Kier alpha value is -1.42. The van der Waals surface area contributed by atoms with Crippen molar-refractivity contribution in [2.24, 2.45) is 5.11 Å². The molecule has 0 aromatic rings. The molecule has 0 aliphatic heterocycles. The lowest BCUT2D eigenvalue weighted by Gasteiger charge is -2.28. The second-order valence-electron chi connectivity index (χ2n) is 5.36. The molecule has 0 heterocycles. The molecule has 1 saturated carbocycles. The summed E-state index contributed by atoms with van der Waals surface area (Å²) in [5.41, 5.74) is 7.86. The predicted molar refractivity (Wildman–Crippen MR) is 64.6 cm³/mol. The molecule has 1 amide bonds. The van der Waals surface area contributed by atoms with Crippen molar-refractivity contribution in [2.75, 3.05) is 0 Å². The number of azide groups is 1. The fourth-order valence-electron chi connectivity index (χ4n) is 1.88. The quantitative estimate of drug-likeness (QED) is 0.456. The first-order valence-corrected chi connectivity index (χ1v) is 5.94. The SMILES string of the molecule is CC(C)(C)OC(=O)N[C@H]1CC[C@@H](N=[N+]=[N-])CC1. The standard InChI is InChI=1S/C11H20N4O2/c1-11(2,3)17-10(16)13-8-4-6-9(7-5-8)14-15-12/h8-9H,4-7H2,1-3H3,(H,13,16)/t8-,9+. The summed E-state index contributed by atoms with van der Waals surface area (Å²) in [6, 6.07) is 0.215. The highest BCUT2D eigenvalue weighted by atomic mass is 16.6. The molecule has 0 radical (unpaired) electrons. The molecule has 1 aliphatic rings. The van der Waals surface area contributed by atoms with E-state index in [1.54, 1.807) is 0 Å². The molecule has 17 heavy (non-hydrogen) atoms. The summed E-state index contributed by atoms with van der Waals surface area (Å²) in [7, 11) is 0. The zero-order chi connectivity index (χ0) is 12.9. The number of hydrogen-bond donors (Lipinski definition) is 1. The van der Waals surface area contributed by atoms with Crippen LogP contribution in [-0.2, 0) is 4.74 Å². The van der Waals surface area contributed by atoms with E-state index in [1.807, 2.05) is 20.8 Å². The molecule has 1 N–H and O–H groups in total. The Morgan fingerprint density at radius 2 is 1.94 bits per heavy atom. The topological polar surface area (TPSA) is 87.1 Å². The first-order valence-electron chi connectivity index (χ1n) is 5.94. The minimum Gasteiger partial charge on any atom is -0.444 e. The minimum absolute atomic E-state index is 0.0803. The van der Waals surface area contributed by atoms with Crippen LogP contribution < -0.4 is 5.32 Å². The van der Waals surface area contributed by atoms with Crippen LogP contribution in [-0.4, -0.2) is 23.8 Å². The number of rotatable bonds is 2. The van der Waals surface area contributed by atoms with Gasteiger partial charge in [0.1, 0.15) is 5.60 Å². The zero-order valence-corrected chi connectivity index (χ0v) is 10.6. The Labute approximate surface area is 101 Å². The van der Waals surface area contributed by atoms with E-state index >= 15 is 0 Å². The third-order valence-corrected chi connectivity index (χ3v) is 2.63. The molecule has 96 valence electrons. The summed E-state index contributed by atoms with van der Waals surface area (Å²) < 4.78 is 5.18. The summed E-state index contributed by atoms with van der Waals surface area (Å²) in [5.74, 6) is 0. The molecule has 1 fully saturated rings. The molecule has 0 bridgehead atoms. The van der Waals surface area contributed by atoms with Gasteiger partial charge in [0.15, 0.2) is 0 Å². The molecule has 6 heteroatoms. The van der Waals surface area contributed by atoms with Gasteiger partial charge >= 0.3 is 6.09 Å². The molecule has 6 nitrogen and oxygen atoms in total. The first-order chi connectivity index (χ1) is 7.90. The molecule has 1 rings (SSSR count). The van der Waals surface area contributed by atoms with Gasteiger partial charge in [-0.2, -0.15) is 0 Å². The number of ether oxygens (including phenoxy) is 1. The van der Waals surface area contributed by atoms with Gasteiger partial charge in [-0.05, 0) is 52.0 Å². The van der Waals surface area contributed by atoms with Crippen LogP contribution in [0.25, 0.3) is 10.4 Å². The molecule has 0 atom stereocenters. The minimum atomic E-state index is -0.466. The van der Waals surface area contributed by atoms with Gasteiger partial charge in [0.25, 0.3) is 0 Å². The smallest absolute Gasteiger partial charge is 0.407 e. The van der Waals surface area contributed by atoms with E-state index in [0.29, 0.717) is 0 Å². The average Bonchev–Trinajstić information content (AvgIpc) is 2.18. The lowest BCUT2D eigenvalue weighted by molar-refractivity contribution is 0.0491. The van der Waals surface area contributed by atoms with Gasteiger partial charge < -0.3 is 10.1 Å². The predicted octanol–water partition coefficient (Wildman–Crippen LogP) is 3.13. The molecule has 0 unspecified atom stereocenters. The summed E-state index contributed by atoms with van der Waals surface area (Å²) >= 11 is 0. The maximum Gasteiger partial charge on any atom is 0.407 e. The molecular weight excluding hydrogens is 220 g/mol. The van der Waals surface area contributed by atoms with Gasteiger partial charge in [0.2, 0.25) is 0 Å². The van der Waals surface area contributed by atoms with E-state index in [2.05, 4.69) is 15.3 Å². The number of alkyl carbamates (subject to hydrolysis) is 1. The van der Waals surface area contributed by atoms with Gasteiger partial charge in [-0.3, -0.25) is 0 Å². The van der Waals surface area contributed by atoms with E-state index in [0.717, 1.165) is 25.7 Å². The second kappa shape index (κ2) is 5.77. The van der Waals surface area contributed by atoms with E-state index in [1.165, 1.54) is 0 Å². The largest absolute Gasteiger partial charge is 0.444 e. The number of carbonyl (C=O) groups is 1. The van der Waals surface area contributed by atoms with Crippen molar-refractivity contribution in [2.45, 2.75) is 64.1 Å². The van der Waals surface area contributed by atoms with Crippen LogP contribution in [0.1, 0.15) is 46.5 Å². The number of amides is 1. The van der Waals surface area contributed by atoms with Crippen LogP contribution in [0.15, 0.2) is 5.11 Å². The Bertz CT molecular complexity index is 310. The molecular formula is C11H20N4O2. The first kappa shape index (κ1) is 13.6. The van der Waals surface area contributed by atoms with Crippen molar-refractivity contribution in [1.82, 2.24) is 5.32 Å². The van der Waals surface area contributed by atoms with Gasteiger partial charge in [-0.25, -0.2) is 4.79 Å². The van der Waals surface area contributed by atoms with Gasteiger partial charge in [0, 0.05) is 17.0 Å². The Balaban J connectivity index is 2.31. The van der Waals surface area contributed by atoms with Crippen LogP contribution in [0.2, 0.25) is 0 Å². The summed E-state index contributed by atoms with van der Waals surface area (Å²) in [6.45, 7) is 5.52. The number of carbonyl (C=O) groups excluding carboxylic acids is 1. The van der Waals surface area contributed by atoms with Gasteiger partial charge in [-0.1, -0.05) is 5.11 Å². The number of nitrogens with zero attached hydrogens (tertiary/aromatic N) is 3. The Kier molecular flexibility index (Phi) is 4.63. The van der Waals surface area contributed by atoms with Crippen molar-refractivity contribution in [3.63, 3.8) is 0 Å². The van der Waals surface area contributed by atoms with Crippen molar-refractivity contribution in [3.8, 4) is 0 Å². The zero-order valence-electron chi connectivity index (χ0n) is 10.6. The Morgan fingerprint density at radius 3 is 2.41 bits per heavy atom.